The molecule has 0 aliphatic carbocycles. The first-order chi connectivity index (χ1) is 16.3. The van der Waals surface area contributed by atoms with Gasteiger partial charge >= 0.3 is 0 Å². The second-order valence-corrected chi connectivity index (χ2v) is 10.2. The topological polar surface area (TPSA) is 60.4 Å². The van der Waals surface area contributed by atoms with E-state index in [9.17, 15) is 9.59 Å². The standard InChI is InChI=1S/C25H18BrN3O3S2/c1-15-22(24(31)29(27(15)2)18-6-4-3-5-7-18)28-23(30)21(34-25(28)33)14-19-12-13-20(32-19)16-8-10-17(26)11-9-16/h3-14H,1-2H3. The van der Waals surface area contributed by atoms with Crippen molar-refractivity contribution in [2.45, 2.75) is 6.92 Å². The van der Waals surface area contributed by atoms with Gasteiger partial charge in [0.05, 0.1) is 16.3 Å². The van der Waals surface area contributed by atoms with Gasteiger partial charge in [-0.25, -0.2) is 4.68 Å². The maximum absolute atomic E-state index is 13.4. The zero-order chi connectivity index (χ0) is 24.0. The molecule has 6 nitrogen and oxygen atoms in total. The van der Waals surface area contributed by atoms with Crippen molar-refractivity contribution in [1.29, 1.82) is 0 Å². The molecule has 1 aliphatic rings. The van der Waals surface area contributed by atoms with E-state index < -0.39 is 0 Å². The minimum Gasteiger partial charge on any atom is -0.457 e. The number of benzene rings is 2. The number of hydrogen-bond donors (Lipinski definition) is 0. The van der Waals surface area contributed by atoms with Crippen molar-refractivity contribution in [3.8, 4) is 17.0 Å². The quantitative estimate of drug-likeness (QED) is 0.233. The van der Waals surface area contributed by atoms with E-state index in [1.807, 2.05) is 60.7 Å². The Labute approximate surface area is 213 Å². The van der Waals surface area contributed by atoms with Crippen molar-refractivity contribution in [3.63, 3.8) is 0 Å². The number of amides is 1. The Kier molecular flexibility index (Phi) is 5.93. The van der Waals surface area contributed by atoms with Crippen LogP contribution in [0.3, 0.4) is 0 Å². The van der Waals surface area contributed by atoms with Gasteiger partial charge in [0.1, 0.15) is 17.2 Å². The SMILES string of the molecule is Cc1c(N2C(=O)C(=Cc3ccc(-c4ccc(Br)cc4)o3)SC2=S)c(=O)n(-c2ccccc2)n1C. The molecule has 0 radical (unpaired) electrons. The second kappa shape index (κ2) is 8.90. The fraction of sp³-hybridized carbons (Fsp3) is 0.0800. The number of carbonyl (C=O) groups excluding carboxylic acids is 1. The normalized spacial score (nSPS) is 15.0. The van der Waals surface area contributed by atoms with Gasteiger partial charge in [-0.1, -0.05) is 70.2 Å². The first kappa shape index (κ1) is 22.6. The van der Waals surface area contributed by atoms with E-state index in [0.717, 1.165) is 21.8 Å². The second-order valence-electron chi connectivity index (χ2n) is 7.64. The Morgan fingerprint density at radius 3 is 2.41 bits per heavy atom. The van der Waals surface area contributed by atoms with E-state index in [1.165, 1.54) is 9.58 Å². The number of thiocarbonyl (C=S) groups is 1. The first-order valence-electron chi connectivity index (χ1n) is 10.3. The minimum absolute atomic E-state index is 0.257. The fourth-order valence-corrected chi connectivity index (χ4v) is 5.32. The highest BCUT2D eigenvalue weighted by Gasteiger charge is 2.38. The van der Waals surface area contributed by atoms with Crippen LogP contribution in [0.4, 0.5) is 5.69 Å². The van der Waals surface area contributed by atoms with Gasteiger partial charge in [-0.3, -0.25) is 19.2 Å². The molecule has 170 valence electrons. The van der Waals surface area contributed by atoms with Gasteiger partial charge in [0.25, 0.3) is 11.5 Å². The van der Waals surface area contributed by atoms with Crippen LogP contribution in [0.25, 0.3) is 23.1 Å². The minimum atomic E-state index is -0.345. The summed E-state index contributed by atoms with van der Waals surface area (Å²) in [5, 5.41) is 0. The van der Waals surface area contributed by atoms with Crippen molar-refractivity contribution < 1.29 is 9.21 Å². The summed E-state index contributed by atoms with van der Waals surface area (Å²) in [5.74, 6) is 0.881. The highest BCUT2D eigenvalue weighted by molar-refractivity contribution is 9.10. The fourth-order valence-electron chi connectivity index (χ4n) is 3.80. The van der Waals surface area contributed by atoms with Crippen molar-refractivity contribution >= 4 is 61.9 Å². The molecule has 2 aromatic carbocycles. The van der Waals surface area contributed by atoms with Crippen LogP contribution in [-0.4, -0.2) is 19.6 Å². The summed E-state index contributed by atoms with van der Waals surface area (Å²) >= 11 is 10.1. The summed E-state index contributed by atoms with van der Waals surface area (Å²) in [4.78, 5) is 28.4. The molecule has 9 heteroatoms. The largest absolute Gasteiger partial charge is 0.457 e. The van der Waals surface area contributed by atoms with Gasteiger partial charge < -0.3 is 4.42 Å². The zero-order valence-corrected chi connectivity index (χ0v) is 21.4. The number of carbonyl (C=O) groups is 1. The molecule has 0 atom stereocenters. The van der Waals surface area contributed by atoms with Crippen LogP contribution in [-0.2, 0) is 11.8 Å². The Morgan fingerprint density at radius 1 is 1.00 bits per heavy atom. The maximum atomic E-state index is 13.4. The average molecular weight is 552 g/mol. The number of hydrogen-bond acceptors (Lipinski definition) is 5. The Balaban J connectivity index is 1.49. The highest BCUT2D eigenvalue weighted by Crippen LogP contribution is 2.37. The van der Waals surface area contributed by atoms with Crippen LogP contribution in [0.2, 0.25) is 0 Å². The van der Waals surface area contributed by atoms with Gasteiger partial charge in [-0.15, -0.1) is 0 Å². The maximum Gasteiger partial charge on any atom is 0.296 e. The van der Waals surface area contributed by atoms with Gasteiger partial charge in [-0.05, 0) is 43.3 Å². The summed E-state index contributed by atoms with van der Waals surface area (Å²) in [6, 6.07) is 20.7. The van der Waals surface area contributed by atoms with Crippen LogP contribution in [0, 0.1) is 6.92 Å². The zero-order valence-electron chi connectivity index (χ0n) is 18.2. The van der Waals surface area contributed by atoms with Crippen molar-refractivity contribution in [1.82, 2.24) is 9.36 Å². The summed E-state index contributed by atoms with van der Waals surface area (Å²) in [7, 11) is 1.78. The number of anilines is 1. The van der Waals surface area contributed by atoms with E-state index >= 15 is 0 Å². The molecule has 3 heterocycles. The molecule has 4 aromatic rings. The van der Waals surface area contributed by atoms with E-state index in [1.54, 1.807) is 30.8 Å². The molecule has 1 aliphatic heterocycles. The van der Waals surface area contributed by atoms with Crippen LogP contribution in [0.1, 0.15) is 11.5 Å². The van der Waals surface area contributed by atoms with E-state index in [0.29, 0.717) is 32.1 Å². The Morgan fingerprint density at radius 2 is 1.71 bits per heavy atom. The average Bonchev–Trinajstić information content (AvgIpc) is 3.46. The Hall–Kier alpha value is -3.14. The molecule has 0 N–H and O–H groups in total. The molecule has 0 spiro atoms. The monoisotopic (exact) mass is 551 g/mol. The number of thioether (sulfide) groups is 1. The Bertz CT molecular complexity index is 1520. The smallest absolute Gasteiger partial charge is 0.296 e. The molecule has 1 fully saturated rings. The number of para-hydroxylation sites is 1. The molecular formula is C25H18BrN3O3S2. The third-order valence-electron chi connectivity index (χ3n) is 5.57. The lowest BCUT2D eigenvalue weighted by atomic mass is 10.2. The van der Waals surface area contributed by atoms with Crippen molar-refractivity contribution in [2.24, 2.45) is 7.05 Å². The number of furan rings is 1. The van der Waals surface area contributed by atoms with Crippen LogP contribution in [0.15, 0.2) is 85.3 Å². The molecule has 2 aromatic heterocycles. The van der Waals surface area contributed by atoms with Gasteiger partial charge in [-0.2, -0.15) is 0 Å². The highest BCUT2D eigenvalue weighted by atomic mass is 79.9. The predicted octanol–water partition coefficient (Wildman–Crippen LogP) is 5.91. The molecule has 5 rings (SSSR count). The van der Waals surface area contributed by atoms with E-state index in [-0.39, 0.29) is 17.2 Å². The van der Waals surface area contributed by atoms with Gasteiger partial charge in [0.2, 0.25) is 0 Å². The van der Waals surface area contributed by atoms with Gasteiger partial charge in [0.15, 0.2) is 4.32 Å². The van der Waals surface area contributed by atoms with Crippen molar-refractivity contribution in [3.05, 3.63) is 97.9 Å². The molecule has 34 heavy (non-hydrogen) atoms. The molecule has 0 bridgehead atoms. The summed E-state index contributed by atoms with van der Waals surface area (Å²) < 4.78 is 10.5. The lowest BCUT2D eigenvalue weighted by molar-refractivity contribution is -0.113. The predicted molar refractivity (Wildman–Crippen MR) is 143 cm³/mol. The third-order valence-corrected chi connectivity index (χ3v) is 7.40. The first-order valence-corrected chi connectivity index (χ1v) is 12.3. The molecular weight excluding hydrogens is 534 g/mol. The van der Waals surface area contributed by atoms with Gasteiger partial charge in [0, 0.05) is 23.2 Å². The van der Waals surface area contributed by atoms with Crippen LogP contribution < -0.4 is 10.5 Å². The number of rotatable bonds is 4. The van der Waals surface area contributed by atoms with Crippen LogP contribution in [0.5, 0.6) is 0 Å². The lowest BCUT2D eigenvalue weighted by Gasteiger charge is -2.12. The summed E-state index contributed by atoms with van der Waals surface area (Å²) in [5.41, 5.74) is 2.23. The van der Waals surface area contributed by atoms with Crippen molar-refractivity contribution in [2.75, 3.05) is 4.90 Å². The van der Waals surface area contributed by atoms with E-state index in [4.69, 9.17) is 16.6 Å². The lowest BCUT2D eigenvalue weighted by Crippen LogP contribution is -2.33. The number of aromatic nitrogens is 2. The molecule has 1 amide bonds. The molecule has 0 unspecified atom stereocenters. The molecule has 0 saturated carbocycles. The third kappa shape index (κ3) is 3.89. The van der Waals surface area contributed by atoms with Crippen LogP contribution >= 0.6 is 39.9 Å². The summed E-state index contributed by atoms with van der Waals surface area (Å²) in [6.07, 6.45) is 1.66. The number of nitrogens with zero attached hydrogens (tertiary/aromatic N) is 3. The van der Waals surface area contributed by atoms with E-state index in [2.05, 4.69) is 15.9 Å². The number of halogens is 1. The summed E-state index contributed by atoms with van der Waals surface area (Å²) in [6.45, 7) is 1.80. The molecule has 1 saturated heterocycles.